The molecule has 2 rings (SSSR count). The zero-order chi connectivity index (χ0) is 7.52. The van der Waals surface area contributed by atoms with Crippen LogP contribution in [0.15, 0.2) is 0 Å². The van der Waals surface area contributed by atoms with E-state index in [9.17, 15) is 0 Å². The minimum absolute atomic E-state index is 0. The Hall–Kier alpha value is 2.60. The average molecular weight is 402 g/mol. The standard InChI is InChI=1S/2CHNP3.2ClH.Zr/c2*1-2-4-5-3-1;;;/h2*3H;2*1H;/q;;;;+2/p-2. The summed E-state index contributed by atoms with van der Waals surface area (Å²) >= 11 is -0.412. The van der Waals surface area contributed by atoms with Crippen LogP contribution in [0.4, 0.5) is 0 Å². The fourth-order valence-corrected chi connectivity index (χ4v) is 23.1. The third-order valence-corrected chi connectivity index (χ3v) is 18.3. The van der Waals surface area contributed by atoms with Gasteiger partial charge in [-0.2, -0.15) is 0 Å². The van der Waals surface area contributed by atoms with E-state index in [-0.39, 0.29) is 24.8 Å². The van der Waals surface area contributed by atoms with E-state index < -0.39 is 23.2 Å². The van der Waals surface area contributed by atoms with Gasteiger partial charge in [0.15, 0.2) is 0 Å². The van der Waals surface area contributed by atoms with E-state index in [0.717, 1.165) is 15.7 Å². The van der Waals surface area contributed by atoms with Crippen LogP contribution in [0.2, 0.25) is 0 Å². The van der Waals surface area contributed by atoms with Crippen LogP contribution in [0.5, 0.6) is 0 Å². The number of halogens is 2. The molecule has 2 heterocycles. The van der Waals surface area contributed by atoms with Gasteiger partial charge in [0.2, 0.25) is 0 Å². The molecule has 0 aliphatic carbocycles. The Morgan fingerprint density at radius 1 is 0.923 bits per heavy atom. The summed E-state index contributed by atoms with van der Waals surface area (Å²) in [5.74, 6) is 0. The molecule has 2 nitrogen and oxygen atoms in total. The zero-order valence-corrected chi connectivity index (χ0v) is 15.5. The van der Waals surface area contributed by atoms with Gasteiger partial charge in [-0.25, -0.2) is 0 Å². The summed E-state index contributed by atoms with van der Waals surface area (Å²) in [4.78, 5) is 0. The zero-order valence-electron chi connectivity index (χ0n) is 5.94. The van der Waals surface area contributed by atoms with Crippen LogP contribution < -0.4 is 31.1 Å². The molecule has 0 radical (unpaired) electrons. The maximum atomic E-state index is 4.48. The van der Waals surface area contributed by atoms with Crippen molar-refractivity contribution in [2.75, 3.05) is 0 Å². The first-order chi connectivity index (χ1) is 5.45. The van der Waals surface area contributed by atoms with Crippen molar-refractivity contribution in [2.45, 2.75) is 0 Å². The fourth-order valence-electron chi connectivity index (χ4n) is 0.536. The third-order valence-electron chi connectivity index (χ3n) is 0.927. The van der Waals surface area contributed by atoms with Crippen molar-refractivity contribution < 1.29 is 48.0 Å². The summed E-state index contributed by atoms with van der Waals surface area (Å²) in [5.41, 5.74) is 0. The average Bonchev–Trinajstić information content (AvgIpc) is 2.60. The van der Waals surface area contributed by atoms with Gasteiger partial charge in [-0.1, -0.05) is 0 Å². The molecule has 0 aliphatic rings. The van der Waals surface area contributed by atoms with Gasteiger partial charge < -0.3 is 24.8 Å². The number of rotatable bonds is 2. The second-order valence-corrected chi connectivity index (χ2v) is 16.8. The molecule has 0 N–H and O–H groups in total. The second-order valence-electron chi connectivity index (χ2n) is 1.62. The molecule has 11 heteroatoms. The number of nitrogens with zero attached hydrogens (tertiary/aromatic N) is 2. The first kappa shape index (κ1) is 15.6. The molecule has 0 aliphatic heterocycles. The normalized spacial score (nSPS) is 11.7. The summed E-state index contributed by atoms with van der Waals surface area (Å²) in [6, 6.07) is 0. The number of hydrogen-bond donors (Lipinski definition) is 0. The van der Waals surface area contributed by atoms with E-state index >= 15 is 0 Å². The molecule has 2 atom stereocenters. The van der Waals surface area contributed by atoms with Gasteiger partial charge in [-0.3, -0.25) is 0 Å². The van der Waals surface area contributed by atoms with Gasteiger partial charge in [-0.15, -0.1) is 0 Å². The molecule has 13 heavy (non-hydrogen) atoms. The van der Waals surface area contributed by atoms with E-state index in [0.29, 0.717) is 0 Å². The van der Waals surface area contributed by atoms with Crippen molar-refractivity contribution in [3.05, 3.63) is 0 Å². The Kier molecular flexibility index (Phi) is 10.5. The predicted octanol–water partition coefficient (Wildman–Crippen LogP) is -3.10. The van der Waals surface area contributed by atoms with E-state index in [1.54, 1.807) is 6.27 Å². The van der Waals surface area contributed by atoms with Gasteiger partial charge in [0.25, 0.3) is 0 Å². The summed E-state index contributed by atoms with van der Waals surface area (Å²) in [5, 5.41) is 0. The first-order valence-corrected chi connectivity index (χ1v) is 13.7. The van der Waals surface area contributed by atoms with Crippen molar-refractivity contribution >= 4 is 53.2 Å². The number of hydrogen-bond acceptors (Lipinski definition) is 2. The molecular formula is C2H2Cl2N2P6Zr. The molecule has 68 valence electrons. The molecule has 0 amide bonds. The second kappa shape index (κ2) is 8.72. The first-order valence-electron chi connectivity index (χ1n) is 2.69. The van der Waals surface area contributed by atoms with Crippen LogP contribution in [0, 0.1) is 0 Å². The Morgan fingerprint density at radius 3 is 1.69 bits per heavy atom. The van der Waals surface area contributed by atoms with Gasteiger partial charge in [0, 0.05) is 0 Å². The minimum atomic E-state index is -0.412. The SMILES string of the molecule is [Cl-].[Cl-].n1pp[pH][c]1[Zr+2][c]1npp[pH]1. The Labute approximate surface area is 110 Å². The Morgan fingerprint density at radius 2 is 1.38 bits per heavy atom. The molecule has 0 aromatic carbocycles. The van der Waals surface area contributed by atoms with Crippen molar-refractivity contribution in [2.24, 2.45) is 0 Å². The molecular weight excluding hydrogens is 400 g/mol. The molecule has 2 unspecified atom stereocenters. The molecule has 0 bridgehead atoms. The van der Waals surface area contributed by atoms with Crippen LogP contribution in [-0.2, 0) is 23.2 Å². The summed E-state index contributed by atoms with van der Waals surface area (Å²) < 4.78 is 12.1. The molecule has 2 aromatic heterocycles. The van der Waals surface area contributed by atoms with Gasteiger partial charge >= 0.3 is 85.9 Å². The van der Waals surface area contributed by atoms with Gasteiger partial charge in [0.05, 0.1) is 0 Å². The van der Waals surface area contributed by atoms with E-state index in [2.05, 4.69) is 9.49 Å². The fraction of sp³-hybridized carbons (Fsp3) is 0. The van der Waals surface area contributed by atoms with E-state index in [1.807, 2.05) is 0 Å². The molecule has 2 aromatic rings. The van der Waals surface area contributed by atoms with Crippen LogP contribution in [0.3, 0.4) is 0 Å². The maximum absolute atomic E-state index is 4.48. The van der Waals surface area contributed by atoms with Crippen molar-refractivity contribution in [3.8, 4) is 0 Å². The van der Waals surface area contributed by atoms with E-state index in [1.165, 1.54) is 31.2 Å². The van der Waals surface area contributed by atoms with Crippen LogP contribution in [0.1, 0.15) is 0 Å². The predicted molar refractivity (Wildman–Crippen MR) is 56.8 cm³/mol. The van der Waals surface area contributed by atoms with Crippen LogP contribution >= 0.6 is 46.9 Å². The Balaban J connectivity index is 0.000000720. The molecule has 0 fully saturated rings. The molecule has 0 saturated heterocycles. The molecule has 0 spiro atoms. The van der Waals surface area contributed by atoms with Crippen molar-refractivity contribution in [1.82, 2.24) is 9.49 Å². The Bertz CT molecular complexity index is 279. The quantitative estimate of drug-likeness (QED) is 0.533. The van der Waals surface area contributed by atoms with E-state index in [4.69, 9.17) is 0 Å². The topological polar surface area (TPSA) is 25.8 Å². The molecule has 0 saturated carbocycles. The van der Waals surface area contributed by atoms with Gasteiger partial charge in [0.1, 0.15) is 0 Å². The third kappa shape index (κ3) is 5.46. The van der Waals surface area contributed by atoms with Crippen molar-refractivity contribution in [1.29, 1.82) is 0 Å². The van der Waals surface area contributed by atoms with Crippen LogP contribution in [-0.4, -0.2) is 9.49 Å². The number of aromatic nitrogens is 2. The summed E-state index contributed by atoms with van der Waals surface area (Å²) in [7, 11) is 7.69. The summed E-state index contributed by atoms with van der Waals surface area (Å²) in [6.07, 6.45) is 0. The van der Waals surface area contributed by atoms with Crippen LogP contribution in [0.25, 0.3) is 0 Å². The van der Waals surface area contributed by atoms with Gasteiger partial charge in [-0.05, 0) is 0 Å². The van der Waals surface area contributed by atoms with Crippen molar-refractivity contribution in [3.63, 3.8) is 0 Å². The monoisotopic (exact) mass is 400 g/mol. The summed E-state index contributed by atoms with van der Waals surface area (Å²) in [6.45, 7) is 0.